The van der Waals surface area contributed by atoms with Crippen LogP contribution in [0.15, 0.2) is 36.4 Å². The predicted octanol–water partition coefficient (Wildman–Crippen LogP) is 3.89. The van der Waals surface area contributed by atoms with Crippen molar-refractivity contribution in [2.75, 3.05) is 21.3 Å². The van der Waals surface area contributed by atoms with Crippen LogP contribution in [-0.4, -0.2) is 27.1 Å². The van der Waals surface area contributed by atoms with Crippen LogP contribution in [-0.2, 0) is 0 Å². The number of halogens is 2. The summed E-state index contributed by atoms with van der Waals surface area (Å²) < 4.78 is 42.3. The van der Waals surface area contributed by atoms with E-state index < -0.39 is 17.4 Å². The number of hydrogen-bond donors (Lipinski definition) is 0. The maximum atomic E-state index is 13.6. The van der Waals surface area contributed by atoms with E-state index in [1.807, 2.05) is 0 Å². The van der Waals surface area contributed by atoms with Gasteiger partial charge in [-0.05, 0) is 30.4 Å². The fourth-order valence-corrected chi connectivity index (χ4v) is 2.14. The predicted molar refractivity (Wildman–Crippen MR) is 85.8 cm³/mol. The second-order valence-corrected chi connectivity index (χ2v) is 4.77. The highest BCUT2D eigenvalue weighted by atomic mass is 19.1. The fourth-order valence-electron chi connectivity index (χ4n) is 2.14. The molecule has 0 saturated heterocycles. The normalized spacial score (nSPS) is 10.7. The van der Waals surface area contributed by atoms with Gasteiger partial charge in [-0.3, -0.25) is 4.79 Å². The third kappa shape index (κ3) is 3.71. The second-order valence-electron chi connectivity index (χ2n) is 4.77. The van der Waals surface area contributed by atoms with Crippen LogP contribution < -0.4 is 14.2 Å². The van der Waals surface area contributed by atoms with Crippen LogP contribution in [0.1, 0.15) is 15.9 Å². The summed E-state index contributed by atoms with van der Waals surface area (Å²) in [5.74, 6) is -0.742. The number of allylic oxidation sites excluding steroid dienone is 1. The zero-order valence-corrected chi connectivity index (χ0v) is 13.4. The number of ketones is 1. The Labute approximate surface area is 138 Å². The third-order valence-corrected chi connectivity index (χ3v) is 3.33. The van der Waals surface area contributed by atoms with Crippen molar-refractivity contribution < 1.29 is 27.8 Å². The van der Waals surface area contributed by atoms with Crippen molar-refractivity contribution in [2.45, 2.75) is 0 Å². The van der Waals surface area contributed by atoms with Gasteiger partial charge >= 0.3 is 0 Å². The Kier molecular flexibility index (Phi) is 5.52. The van der Waals surface area contributed by atoms with E-state index in [1.54, 1.807) is 0 Å². The number of hydrogen-bond acceptors (Lipinski definition) is 4. The number of carbonyl (C=O) groups excluding carboxylic acids is 1. The first-order valence-corrected chi connectivity index (χ1v) is 6.97. The third-order valence-electron chi connectivity index (χ3n) is 3.33. The van der Waals surface area contributed by atoms with Crippen LogP contribution in [0, 0.1) is 11.6 Å². The quantitative estimate of drug-likeness (QED) is 0.594. The molecule has 0 aliphatic rings. The molecule has 0 atom stereocenters. The summed E-state index contributed by atoms with van der Waals surface area (Å²) in [6, 6.07) is 6.07. The van der Waals surface area contributed by atoms with Crippen LogP contribution in [0.5, 0.6) is 17.2 Å². The average molecular weight is 334 g/mol. The Morgan fingerprint density at radius 3 is 2.12 bits per heavy atom. The van der Waals surface area contributed by atoms with Gasteiger partial charge in [0.15, 0.2) is 5.78 Å². The minimum atomic E-state index is -0.630. The Morgan fingerprint density at radius 1 is 0.958 bits per heavy atom. The lowest BCUT2D eigenvalue weighted by atomic mass is 10.1. The zero-order chi connectivity index (χ0) is 17.7. The molecule has 126 valence electrons. The molecule has 2 aromatic rings. The van der Waals surface area contributed by atoms with Gasteiger partial charge in [0.1, 0.15) is 34.4 Å². The molecule has 0 aromatic heterocycles. The molecule has 0 N–H and O–H groups in total. The molecule has 0 unspecified atom stereocenters. The Hall–Kier alpha value is -2.89. The Bertz CT molecular complexity index is 760. The van der Waals surface area contributed by atoms with Crippen LogP contribution in [0.4, 0.5) is 8.78 Å². The van der Waals surface area contributed by atoms with Gasteiger partial charge in [0, 0.05) is 17.7 Å². The van der Waals surface area contributed by atoms with Gasteiger partial charge in [0.05, 0.1) is 21.3 Å². The second kappa shape index (κ2) is 7.59. The van der Waals surface area contributed by atoms with Gasteiger partial charge in [-0.15, -0.1) is 0 Å². The monoisotopic (exact) mass is 334 g/mol. The van der Waals surface area contributed by atoms with Crippen LogP contribution in [0.2, 0.25) is 0 Å². The first-order chi connectivity index (χ1) is 11.5. The van der Waals surface area contributed by atoms with Gasteiger partial charge < -0.3 is 14.2 Å². The summed E-state index contributed by atoms with van der Waals surface area (Å²) in [6.07, 6.45) is 2.33. The average Bonchev–Trinajstić information content (AvgIpc) is 2.60. The fraction of sp³-hybridized carbons (Fsp3) is 0.167. The first-order valence-electron chi connectivity index (χ1n) is 6.97. The van der Waals surface area contributed by atoms with E-state index in [-0.39, 0.29) is 22.6 Å². The molecule has 0 radical (unpaired) electrons. The highest BCUT2D eigenvalue weighted by Gasteiger charge is 2.18. The number of benzene rings is 2. The van der Waals surface area contributed by atoms with Gasteiger partial charge in [-0.25, -0.2) is 8.78 Å². The Morgan fingerprint density at radius 2 is 1.58 bits per heavy atom. The van der Waals surface area contributed by atoms with E-state index in [0.29, 0.717) is 5.75 Å². The Balaban J connectivity index is 2.42. The molecule has 24 heavy (non-hydrogen) atoms. The summed E-state index contributed by atoms with van der Waals surface area (Å²) in [4.78, 5) is 12.5. The van der Waals surface area contributed by atoms with Crippen molar-refractivity contribution in [3.05, 3.63) is 59.2 Å². The minimum absolute atomic E-state index is 0.0326. The lowest BCUT2D eigenvalue weighted by molar-refractivity contribution is 0.104. The van der Waals surface area contributed by atoms with Gasteiger partial charge in [0.2, 0.25) is 0 Å². The lowest BCUT2D eigenvalue weighted by Crippen LogP contribution is -2.03. The first kappa shape index (κ1) is 17.5. The molecule has 0 fully saturated rings. The summed E-state index contributed by atoms with van der Waals surface area (Å²) >= 11 is 0. The maximum absolute atomic E-state index is 13.6. The number of carbonyl (C=O) groups is 1. The summed E-state index contributed by atoms with van der Waals surface area (Å²) in [6.45, 7) is 0. The molecule has 0 bridgehead atoms. The molecule has 0 saturated carbocycles. The summed E-state index contributed by atoms with van der Waals surface area (Å²) in [5, 5.41) is 0. The van der Waals surface area contributed by atoms with E-state index in [1.165, 1.54) is 39.5 Å². The largest absolute Gasteiger partial charge is 0.496 e. The molecule has 6 heteroatoms. The van der Waals surface area contributed by atoms with Crippen molar-refractivity contribution in [1.29, 1.82) is 0 Å². The topological polar surface area (TPSA) is 44.8 Å². The molecule has 4 nitrogen and oxygen atoms in total. The molecule has 0 aliphatic heterocycles. The van der Waals surface area contributed by atoms with E-state index in [2.05, 4.69) is 0 Å². The number of rotatable bonds is 6. The van der Waals surface area contributed by atoms with Crippen LogP contribution in [0.3, 0.4) is 0 Å². The number of ether oxygens (including phenoxy) is 3. The van der Waals surface area contributed by atoms with Gasteiger partial charge in [-0.2, -0.15) is 0 Å². The molecule has 0 heterocycles. The molecular weight excluding hydrogens is 318 g/mol. The van der Waals surface area contributed by atoms with Gasteiger partial charge in [-0.1, -0.05) is 0 Å². The summed E-state index contributed by atoms with van der Waals surface area (Å²) in [5.41, 5.74) is 0.128. The van der Waals surface area contributed by atoms with Crippen molar-refractivity contribution in [3.8, 4) is 17.2 Å². The SMILES string of the molecule is COc1cc(OC)c(C(=O)/C=C/c2cc(F)ccc2F)c(OC)c1. The van der Waals surface area contributed by atoms with Crippen LogP contribution in [0.25, 0.3) is 6.08 Å². The van der Waals surface area contributed by atoms with Crippen molar-refractivity contribution in [1.82, 2.24) is 0 Å². The highest BCUT2D eigenvalue weighted by molar-refractivity contribution is 6.10. The molecule has 2 aromatic carbocycles. The standard InChI is InChI=1S/C18H16F2O4/c1-22-13-9-16(23-2)18(17(10-13)24-3)15(21)7-4-11-8-12(19)5-6-14(11)20/h4-10H,1-3H3/b7-4+. The van der Waals surface area contributed by atoms with Crippen LogP contribution >= 0.6 is 0 Å². The molecular formula is C18H16F2O4. The van der Waals surface area contributed by atoms with Crippen molar-refractivity contribution >= 4 is 11.9 Å². The minimum Gasteiger partial charge on any atom is -0.496 e. The van der Waals surface area contributed by atoms with Crippen molar-refractivity contribution in [2.24, 2.45) is 0 Å². The molecule has 2 rings (SSSR count). The highest BCUT2D eigenvalue weighted by Crippen LogP contribution is 2.34. The molecule has 0 amide bonds. The van der Waals surface area contributed by atoms with E-state index in [0.717, 1.165) is 24.3 Å². The number of methoxy groups -OCH3 is 3. The van der Waals surface area contributed by atoms with Crippen molar-refractivity contribution in [3.63, 3.8) is 0 Å². The molecule has 0 spiro atoms. The smallest absolute Gasteiger partial charge is 0.193 e. The lowest BCUT2D eigenvalue weighted by Gasteiger charge is -2.13. The zero-order valence-electron chi connectivity index (χ0n) is 13.4. The maximum Gasteiger partial charge on any atom is 0.193 e. The van der Waals surface area contributed by atoms with E-state index in [9.17, 15) is 13.6 Å². The van der Waals surface area contributed by atoms with E-state index in [4.69, 9.17) is 14.2 Å². The summed E-state index contributed by atoms with van der Waals surface area (Å²) in [7, 11) is 4.28. The van der Waals surface area contributed by atoms with E-state index >= 15 is 0 Å². The molecule has 0 aliphatic carbocycles. The van der Waals surface area contributed by atoms with Gasteiger partial charge in [0.25, 0.3) is 0 Å².